The van der Waals surface area contributed by atoms with Gasteiger partial charge >= 0.3 is 0 Å². The average Bonchev–Trinajstić information content (AvgIpc) is 2.64. The fraction of sp³-hybridized carbons (Fsp3) is 0.929. The van der Waals surface area contributed by atoms with Gasteiger partial charge in [0.1, 0.15) is 0 Å². The minimum absolute atomic E-state index is 0. The molecule has 104 valence electrons. The van der Waals surface area contributed by atoms with Crippen molar-refractivity contribution >= 4 is 18.3 Å². The first-order valence-electron chi connectivity index (χ1n) is 6.85. The van der Waals surface area contributed by atoms with E-state index < -0.39 is 0 Å². The summed E-state index contributed by atoms with van der Waals surface area (Å²) in [6.07, 6.45) is 0. The molecular formula is C14H25ClN2O. The second kappa shape index (κ2) is 4.11. The maximum Gasteiger partial charge on any atom is 0.226 e. The fourth-order valence-electron chi connectivity index (χ4n) is 4.03. The Balaban J connectivity index is 0.00000120. The molecule has 1 N–H and O–H groups in total. The molecule has 3 fully saturated rings. The third kappa shape index (κ3) is 1.70. The molecule has 3 rings (SSSR count). The van der Waals surface area contributed by atoms with Crippen LogP contribution in [0.25, 0.3) is 0 Å². The molecule has 2 aliphatic heterocycles. The second-order valence-corrected chi connectivity index (χ2v) is 7.30. The molecule has 0 spiro atoms. The van der Waals surface area contributed by atoms with Gasteiger partial charge < -0.3 is 10.2 Å². The van der Waals surface area contributed by atoms with Gasteiger partial charge in [0.15, 0.2) is 0 Å². The second-order valence-electron chi connectivity index (χ2n) is 7.30. The number of carbonyl (C=O) groups is 1. The summed E-state index contributed by atoms with van der Waals surface area (Å²) in [5.74, 6) is 2.07. The van der Waals surface area contributed by atoms with Crippen LogP contribution in [0.1, 0.15) is 27.7 Å². The number of fused-ring (bicyclic) bond motifs is 1. The Kier molecular flexibility index (Phi) is 3.22. The van der Waals surface area contributed by atoms with Crippen molar-refractivity contribution < 1.29 is 4.79 Å². The van der Waals surface area contributed by atoms with E-state index >= 15 is 0 Å². The van der Waals surface area contributed by atoms with Crippen LogP contribution in [0.15, 0.2) is 0 Å². The first-order chi connectivity index (χ1) is 7.85. The van der Waals surface area contributed by atoms with Crippen molar-refractivity contribution in [1.29, 1.82) is 0 Å². The molecule has 1 aliphatic carbocycles. The number of nitrogens with one attached hydrogen (secondary N) is 1. The fourth-order valence-corrected chi connectivity index (χ4v) is 4.03. The van der Waals surface area contributed by atoms with Crippen molar-refractivity contribution in [1.82, 2.24) is 10.2 Å². The number of hydrogen-bond acceptors (Lipinski definition) is 2. The van der Waals surface area contributed by atoms with E-state index in [0.717, 1.165) is 26.2 Å². The quantitative estimate of drug-likeness (QED) is 0.789. The molecule has 0 aromatic rings. The number of halogens is 1. The third-order valence-electron chi connectivity index (χ3n) is 5.97. The van der Waals surface area contributed by atoms with Crippen LogP contribution >= 0.6 is 12.4 Å². The highest BCUT2D eigenvalue weighted by Crippen LogP contribution is 2.69. The van der Waals surface area contributed by atoms with Gasteiger partial charge in [-0.2, -0.15) is 0 Å². The van der Waals surface area contributed by atoms with Gasteiger partial charge in [0.05, 0.1) is 0 Å². The summed E-state index contributed by atoms with van der Waals surface area (Å²) in [6, 6.07) is 0. The van der Waals surface area contributed by atoms with Crippen molar-refractivity contribution in [3.05, 3.63) is 0 Å². The molecule has 3 nitrogen and oxygen atoms in total. The summed E-state index contributed by atoms with van der Waals surface area (Å²) in [5.41, 5.74) is 0.361. The number of hydrogen-bond donors (Lipinski definition) is 1. The zero-order valence-electron chi connectivity index (χ0n) is 11.8. The predicted molar refractivity (Wildman–Crippen MR) is 74.7 cm³/mol. The number of rotatable bonds is 1. The lowest BCUT2D eigenvalue weighted by Gasteiger charge is -2.18. The summed E-state index contributed by atoms with van der Waals surface area (Å²) in [4.78, 5) is 14.7. The van der Waals surface area contributed by atoms with Gasteiger partial charge in [-0.3, -0.25) is 4.79 Å². The van der Waals surface area contributed by atoms with Crippen LogP contribution in [-0.2, 0) is 4.79 Å². The average molecular weight is 273 g/mol. The van der Waals surface area contributed by atoms with Crippen molar-refractivity contribution in [2.45, 2.75) is 27.7 Å². The van der Waals surface area contributed by atoms with E-state index in [2.05, 4.69) is 37.9 Å². The van der Waals surface area contributed by atoms with Crippen molar-refractivity contribution in [2.75, 3.05) is 26.2 Å². The van der Waals surface area contributed by atoms with Gasteiger partial charge in [0, 0.05) is 32.1 Å². The topological polar surface area (TPSA) is 32.3 Å². The van der Waals surface area contributed by atoms with Crippen LogP contribution in [0.4, 0.5) is 0 Å². The highest BCUT2D eigenvalue weighted by molar-refractivity contribution is 5.85. The highest BCUT2D eigenvalue weighted by atomic mass is 35.5. The summed E-state index contributed by atoms with van der Waals surface area (Å²) >= 11 is 0. The summed E-state index contributed by atoms with van der Waals surface area (Å²) in [5, 5.41) is 3.42. The molecule has 0 aromatic carbocycles. The number of amides is 1. The van der Waals surface area contributed by atoms with Crippen LogP contribution in [0.3, 0.4) is 0 Å². The zero-order valence-corrected chi connectivity index (χ0v) is 12.6. The molecule has 2 unspecified atom stereocenters. The number of carbonyl (C=O) groups excluding carboxylic acids is 1. The Morgan fingerprint density at radius 2 is 1.50 bits per heavy atom. The Morgan fingerprint density at radius 1 is 1.06 bits per heavy atom. The Morgan fingerprint density at radius 3 is 1.89 bits per heavy atom. The van der Waals surface area contributed by atoms with Crippen LogP contribution in [-0.4, -0.2) is 37.0 Å². The summed E-state index contributed by atoms with van der Waals surface area (Å²) < 4.78 is 0. The molecule has 0 aromatic heterocycles. The Hall–Kier alpha value is -0.280. The molecule has 18 heavy (non-hydrogen) atoms. The minimum atomic E-state index is 0. The molecule has 2 heterocycles. The van der Waals surface area contributed by atoms with Crippen LogP contribution in [0.5, 0.6) is 0 Å². The van der Waals surface area contributed by atoms with Gasteiger partial charge in [-0.15, -0.1) is 12.4 Å². The first-order valence-corrected chi connectivity index (χ1v) is 6.85. The lowest BCUT2D eigenvalue weighted by molar-refractivity contribution is -0.133. The molecule has 1 amide bonds. The SMILES string of the molecule is CC1(C)C(C(=O)N2CC3CNCC3C2)C1(C)C.Cl. The summed E-state index contributed by atoms with van der Waals surface area (Å²) in [7, 11) is 0. The van der Waals surface area contributed by atoms with Crippen LogP contribution < -0.4 is 5.32 Å². The van der Waals surface area contributed by atoms with Crippen LogP contribution in [0.2, 0.25) is 0 Å². The van der Waals surface area contributed by atoms with Crippen molar-refractivity contribution in [3.63, 3.8) is 0 Å². The monoisotopic (exact) mass is 272 g/mol. The van der Waals surface area contributed by atoms with E-state index in [-0.39, 0.29) is 29.2 Å². The number of likely N-dealkylation sites (tertiary alicyclic amines) is 1. The largest absolute Gasteiger partial charge is 0.342 e. The van der Waals surface area contributed by atoms with Gasteiger partial charge in [-0.25, -0.2) is 0 Å². The van der Waals surface area contributed by atoms with E-state index in [1.165, 1.54) is 0 Å². The maximum absolute atomic E-state index is 12.6. The van der Waals surface area contributed by atoms with Gasteiger partial charge in [-0.1, -0.05) is 27.7 Å². The standard InChI is InChI=1S/C14H24N2O.ClH/c1-13(2)11(14(13,3)4)12(17)16-7-9-5-15-6-10(9)8-16;/h9-11,15H,5-8H2,1-4H3;1H. The third-order valence-corrected chi connectivity index (χ3v) is 5.97. The van der Waals surface area contributed by atoms with E-state index in [1.807, 2.05) is 0 Å². The molecule has 4 heteroatoms. The van der Waals surface area contributed by atoms with Gasteiger partial charge in [-0.05, 0) is 22.7 Å². The lowest BCUT2D eigenvalue weighted by Crippen LogP contribution is -2.34. The van der Waals surface area contributed by atoms with E-state index in [4.69, 9.17) is 0 Å². The Bertz CT molecular complexity index is 341. The van der Waals surface area contributed by atoms with Gasteiger partial charge in [0.25, 0.3) is 0 Å². The predicted octanol–water partition coefficient (Wildman–Crippen LogP) is 1.77. The van der Waals surface area contributed by atoms with Crippen molar-refractivity contribution in [2.24, 2.45) is 28.6 Å². The first kappa shape index (κ1) is 14.1. The number of nitrogens with zero attached hydrogens (tertiary/aromatic N) is 1. The molecule has 2 saturated heterocycles. The smallest absolute Gasteiger partial charge is 0.226 e. The van der Waals surface area contributed by atoms with E-state index in [0.29, 0.717) is 17.7 Å². The zero-order chi connectivity index (χ0) is 12.4. The molecular weight excluding hydrogens is 248 g/mol. The maximum atomic E-state index is 12.6. The van der Waals surface area contributed by atoms with Crippen LogP contribution in [0, 0.1) is 28.6 Å². The van der Waals surface area contributed by atoms with Crippen molar-refractivity contribution in [3.8, 4) is 0 Å². The minimum Gasteiger partial charge on any atom is -0.342 e. The summed E-state index contributed by atoms with van der Waals surface area (Å²) in [6.45, 7) is 13.1. The molecule has 2 atom stereocenters. The molecule has 3 aliphatic rings. The molecule has 1 saturated carbocycles. The highest BCUT2D eigenvalue weighted by Gasteiger charge is 2.69. The Labute approximate surface area is 116 Å². The lowest BCUT2D eigenvalue weighted by atomic mass is 10.0. The van der Waals surface area contributed by atoms with E-state index in [9.17, 15) is 4.79 Å². The van der Waals surface area contributed by atoms with E-state index in [1.54, 1.807) is 0 Å². The normalized spacial score (nSPS) is 36.1. The van der Waals surface area contributed by atoms with Gasteiger partial charge in [0.2, 0.25) is 5.91 Å². The molecule has 0 bridgehead atoms. The molecule has 0 radical (unpaired) electrons.